The number of rotatable bonds is 3. The van der Waals surface area contributed by atoms with Crippen molar-refractivity contribution in [2.24, 2.45) is 11.8 Å². The zero-order valence-electron chi connectivity index (χ0n) is 12.7. The summed E-state index contributed by atoms with van der Waals surface area (Å²) in [6, 6.07) is 5.53. The molecular formula is C17H20F3NO2. The molecule has 1 aromatic carbocycles. The number of hydrogen-bond donors (Lipinski definition) is 1. The third-order valence-electron chi connectivity index (χ3n) is 4.86. The average molecular weight is 327 g/mol. The Morgan fingerprint density at radius 3 is 2.74 bits per heavy atom. The lowest BCUT2D eigenvalue weighted by atomic mass is 9.98. The standard InChI is InChI=1S/C17H20F3NO2/c18-17(19,20)15-6-2-1-5-12(15)13-8-14(13)16(23)21-7-3-4-11(9-21)10-22/h1-2,5-6,11,13-14,22H,3-4,7-10H2. The van der Waals surface area contributed by atoms with Crippen LogP contribution in [0, 0.1) is 11.8 Å². The van der Waals surface area contributed by atoms with Crippen molar-refractivity contribution in [1.29, 1.82) is 0 Å². The first kappa shape index (κ1) is 16.3. The van der Waals surface area contributed by atoms with Crippen molar-refractivity contribution in [3.63, 3.8) is 0 Å². The van der Waals surface area contributed by atoms with E-state index in [9.17, 15) is 23.1 Å². The summed E-state index contributed by atoms with van der Waals surface area (Å²) in [6.45, 7) is 1.20. The van der Waals surface area contributed by atoms with Gasteiger partial charge in [-0.25, -0.2) is 0 Å². The molecule has 1 aromatic rings. The third kappa shape index (κ3) is 3.37. The maximum absolute atomic E-state index is 13.1. The van der Waals surface area contributed by atoms with Crippen molar-refractivity contribution in [3.8, 4) is 0 Å². The SMILES string of the molecule is O=C(C1CC1c1ccccc1C(F)(F)F)N1CCCC(CO)C1. The number of nitrogens with zero attached hydrogens (tertiary/aromatic N) is 1. The number of amides is 1. The molecule has 0 bridgehead atoms. The number of piperidine rings is 1. The molecule has 1 N–H and O–H groups in total. The molecule has 2 fully saturated rings. The fourth-order valence-corrected chi connectivity index (χ4v) is 3.54. The van der Waals surface area contributed by atoms with Crippen molar-refractivity contribution < 1.29 is 23.1 Å². The van der Waals surface area contributed by atoms with Gasteiger partial charge in [0, 0.05) is 25.6 Å². The van der Waals surface area contributed by atoms with Crippen molar-refractivity contribution in [3.05, 3.63) is 35.4 Å². The average Bonchev–Trinajstić information content (AvgIpc) is 3.34. The van der Waals surface area contributed by atoms with Crippen LogP contribution in [0.25, 0.3) is 0 Å². The Morgan fingerprint density at radius 1 is 1.30 bits per heavy atom. The minimum absolute atomic E-state index is 0.0504. The van der Waals surface area contributed by atoms with Gasteiger partial charge in [-0.2, -0.15) is 13.2 Å². The number of likely N-dealkylation sites (tertiary alicyclic amines) is 1. The van der Waals surface area contributed by atoms with E-state index < -0.39 is 11.7 Å². The second kappa shape index (κ2) is 6.15. The van der Waals surface area contributed by atoms with Gasteiger partial charge in [-0.05, 0) is 42.7 Å². The Morgan fingerprint density at radius 2 is 2.04 bits per heavy atom. The minimum atomic E-state index is -4.39. The Labute approximate surface area is 133 Å². The molecule has 3 nitrogen and oxygen atoms in total. The molecule has 1 heterocycles. The number of carbonyl (C=O) groups is 1. The molecule has 0 radical (unpaired) electrons. The molecule has 126 valence electrons. The number of benzene rings is 1. The van der Waals surface area contributed by atoms with Gasteiger partial charge in [-0.3, -0.25) is 4.79 Å². The van der Waals surface area contributed by atoms with Crippen molar-refractivity contribution in [1.82, 2.24) is 4.90 Å². The molecule has 23 heavy (non-hydrogen) atoms. The van der Waals surface area contributed by atoms with Gasteiger partial charge in [0.2, 0.25) is 5.91 Å². The lowest BCUT2D eigenvalue weighted by Gasteiger charge is -2.32. The van der Waals surface area contributed by atoms with Gasteiger partial charge >= 0.3 is 6.18 Å². The van der Waals surface area contributed by atoms with Crippen LogP contribution >= 0.6 is 0 Å². The first-order chi connectivity index (χ1) is 10.9. The van der Waals surface area contributed by atoms with Crippen LogP contribution in [0.1, 0.15) is 36.3 Å². The topological polar surface area (TPSA) is 40.5 Å². The van der Waals surface area contributed by atoms with E-state index >= 15 is 0 Å². The number of carbonyl (C=O) groups excluding carboxylic acids is 1. The molecule has 0 spiro atoms. The number of aliphatic hydroxyl groups excluding tert-OH is 1. The number of hydrogen-bond acceptors (Lipinski definition) is 2. The van der Waals surface area contributed by atoms with Gasteiger partial charge in [0.1, 0.15) is 0 Å². The number of aliphatic hydroxyl groups is 1. The molecule has 3 unspecified atom stereocenters. The number of halogens is 3. The van der Waals surface area contributed by atoms with E-state index in [-0.39, 0.29) is 35.8 Å². The molecule has 1 saturated heterocycles. The van der Waals surface area contributed by atoms with E-state index in [0.29, 0.717) is 19.5 Å². The molecule has 6 heteroatoms. The molecule has 1 amide bonds. The van der Waals surface area contributed by atoms with E-state index in [4.69, 9.17) is 0 Å². The first-order valence-electron chi connectivity index (χ1n) is 7.97. The van der Waals surface area contributed by atoms with Gasteiger partial charge in [0.05, 0.1) is 5.56 Å². The Balaban J connectivity index is 1.71. The predicted molar refractivity (Wildman–Crippen MR) is 78.7 cm³/mol. The quantitative estimate of drug-likeness (QED) is 0.927. The van der Waals surface area contributed by atoms with Gasteiger partial charge in [-0.1, -0.05) is 18.2 Å². The highest BCUT2D eigenvalue weighted by atomic mass is 19.4. The molecular weight excluding hydrogens is 307 g/mol. The van der Waals surface area contributed by atoms with Gasteiger partial charge in [0.15, 0.2) is 0 Å². The molecule has 0 aromatic heterocycles. The summed E-state index contributed by atoms with van der Waals surface area (Å²) in [6.07, 6.45) is -2.18. The third-order valence-corrected chi connectivity index (χ3v) is 4.86. The maximum atomic E-state index is 13.1. The molecule has 1 aliphatic heterocycles. The molecule has 3 rings (SSSR count). The van der Waals surface area contributed by atoms with Gasteiger partial charge in [-0.15, -0.1) is 0 Å². The fourth-order valence-electron chi connectivity index (χ4n) is 3.54. The van der Waals surface area contributed by atoms with Gasteiger partial charge in [0.25, 0.3) is 0 Å². The normalized spacial score (nSPS) is 27.8. The Kier molecular flexibility index (Phi) is 4.36. The van der Waals surface area contributed by atoms with E-state index in [1.54, 1.807) is 11.0 Å². The smallest absolute Gasteiger partial charge is 0.396 e. The fraction of sp³-hybridized carbons (Fsp3) is 0.588. The summed E-state index contributed by atoms with van der Waals surface area (Å²) in [7, 11) is 0. The van der Waals surface area contributed by atoms with Crippen LogP contribution < -0.4 is 0 Å². The summed E-state index contributed by atoms with van der Waals surface area (Å²) in [5.74, 6) is -0.664. The molecule has 1 saturated carbocycles. The minimum Gasteiger partial charge on any atom is -0.396 e. The van der Waals surface area contributed by atoms with E-state index in [2.05, 4.69) is 0 Å². The van der Waals surface area contributed by atoms with E-state index in [1.807, 2.05) is 0 Å². The second-order valence-corrected chi connectivity index (χ2v) is 6.51. The predicted octanol–water partition coefficient (Wildman–Crippen LogP) is 3.04. The van der Waals surface area contributed by atoms with Crippen molar-refractivity contribution >= 4 is 5.91 Å². The lowest BCUT2D eigenvalue weighted by molar-refractivity contribution is -0.139. The maximum Gasteiger partial charge on any atom is 0.416 e. The Hall–Kier alpha value is -1.56. The van der Waals surface area contributed by atoms with Gasteiger partial charge < -0.3 is 10.0 Å². The van der Waals surface area contributed by atoms with Crippen LogP contribution in [-0.2, 0) is 11.0 Å². The van der Waals surface area contributed by atoms with Crippen LogP contribution in [-0.4, -0.2) is 35.6 Å². The van der Waals surface area contributed by atoms with Crippen LogP contribution in [0.5, 0.6) is 0 Å². The molecule has 2 aliphatic rings. The molecule has 1 aliphatic carbocycles. The summed E-state index contributed by atoms with van der Waals surface area (Å²) in [5, 5.41) is 9.24. The monoisotopic (exact) mass is 327 g/mol. The summed E-state index contributed by atoms with van der Waals surface area (Å²) < 4.78 is 39.3. The second-order valence-electron chi connectivity index (χ2n) is 6.51. The van der Waals surface area contributed by atoms with E-state index in [1.165, 1.54) is 12.1 Å². The van der Waals surface area contributed by atoms with Crippen LogP contribution in [0.2, 0.25) is 0 Å². The van der Waals surface area contributed by atoms with Crippen molar-refractivity contribution in [2.75, 3.05) is 19.7 Å². The van der Waals surface area contributed by atoms with Crippen LogP contribution in [0.3, 0.4) is 0 Å². The summed E-state index contributed by atoms with van der Waals surface area (Å²) in [5.41, 5.74) is -0.402. The Bertz CT molecular complexity index is 587. The highest BCUT2D eigenvalue weighted by Crippen LogP contribution is 2.51. The summed E-state index contributed by atoms with van der Waals surface area (Å²) >= 11 is 0. The van der Waals surface area contributed by atoms with Crippen LogP contribution in [0.4, 0.5) is 13.2 Å². The van der Waals surface area contributed by atoms with Crippen molar-refractivity contribution in [2.45, 2.75) is 31.4 Å². The number of alkyl halides is 3. The first-order valence-corrected chi connectivity index (χ1v) is 7.97. The lowest BCUT2D eigenvalue weighted by Crippen LogP contribution is -2.41. The molecule has 3 atom stereocenters. The van der Waals surface area contributed by atoms with E-state index in [0.717, 1.165) is 18.9 Å². The largest absolute Gasteiger partial charge is 0.416 e. The summed E-state index contributed by atoms with van der Waals surface area (Å²) in [4.78, 5) is 14.2. The zero-order valence-corrected chi connectivity index (χ0v) is 12.7. The highest BCUT2D eigenvalue weighted by molar-refractivity contribution is 5.83. The zero-order chi connectivity index (χ0) is 16.6. The highest BCUT2D eigenvalue weighted by Gasteiger charge is 2.49. The van der Waals surface area contributed by atoms with Crippen LogP contribution in [0.15, 0.2) is 24.3 Å².